The molecule has 0 bridgehead atoms. The molecule has 0 fully saturated rings. The second kappa shape index (κ2) is 6.79. The molecule has 0 aliphatic heterocycles. The monoisotopic (exact) mass is 320 g/mol. The van der Waals surface area contributed by atoms with Crippen molar-refractivity contribution in [3.05, 3.63) is 45.4 Å². The molecule has 2 nitrogen and oxygen atoms in total. The lowest BCUT2D eigenvalue weighted by Crippen LogP contribution is -1.92. The van der Waals surface area contributed by atoms with Crippen molar-refractivity contribution < 1.29 is 9.90 Å². The van der Waals surface area contributed by atoms with E-state index in [1.807, 2.05) is 24.3 Å². The zero-order valence-corrected chi connectivity index (χ0v) is 10.8. The first-order valence-corrected chi connectivity index (χ1v) is 5.32. The summed E-state index contributed by atoms with van der Waals surface area (Å²) in [5, 5.41) is 7.89. The Morgan fingerprint density at radius 2 is 1.71 bits per heavy atom. The highest BCUT2D eigenvalue weighted by atomic mass is 79.9. The van der Waals surface area contributed by atoms with E-state index in [0.29, 0.717) is 0 Å². The van der Waals surface area contributed by atoms with Crippen molar-refractivity contribution in [2.45, 2.75) is 6.92 Å². The summed E-state index contributed by atoms with van der Waals surface area (Å²) in [6.45, 7) is 4.60. The molecule has 4 heteroatoms. The summed E-state index contributed by atoms with van der Waals surface area (Å²) in [7, 11) is 0. The lowest BCUT2D eigenvalue weighted by Gasteiger charge is -1.87. The van der Waals surface area contributed by atoms with Gasteiger partial charge in [-0.25, -0.2) is 4.79 Å². The minimum absolute atomic E-state index is 0.176. The summed E-state index contributed by atoms with van der Waals surface area (Å²) in [6.07, 6.45) is 0. The second-order valence-corrected chi connectivity index (χ2v) is 4.36. The van der Waals surface area contributed by atoms with Gasteiger partial charge in [-0.1, -0.05) is 44.5 Å². The molecule has 0 radical (unpaired) electrons. The van der Waals surface area contributed by atoms with Crippen LogP contribution in [0, 0.1) is 0 Å². The molecule has 14 heavy (non-hydrogen) atoms. The molecule has 0 heterocycles. The first kappa shape index (κ1) is 13.4. The fourth-order valence-corrected chi connectivity index (χ4v) is 1.57. The Morgan fingerprint density at radius 3 is 1.86 bits per heavy atom. The van der Waals surface area contributed by atoms with Gasteiger partial charge in [0.2, 0.25) is 0 Å². The van der Waals surface area contributed by atoms with Gasteiger partial charge in [-0.15, -0.1) is 0 Å². The highest BCUT2D eigenvalue weighted by Crippen LogP contribution is 2.15. The Bertz CT molecular complexity index is 305. The van der Waals surface area contributed by atoms with Crippen molar-refractivity contribution >= 4 is 37.8 Å². The SMILES string of the molecule is Brc1cccc(Br)c1.C=C(C)C(=O)O. The molecular formula is C10H10Br2O2. The summed E-state index contributed by atoms with van der Waals surface area (Å²) in [6, 6.07) is 7.96. The van der Waals surface area contributed by atoms with E-state index in [2.05, 4.69) is 38.4 Å². The molecule has 0 atom stereocenters. The number of hydrogen-bond acceptors (Lipinski definition) is 1. The lowest BCUT2D eigenvalue weighted by molar-refractivity contribution is -0.132. The number of rotatable bonds is 1. The molecule has 0 aliphatic rings. The van der Waals surface area contributed by atoms with Crippen LogP contribution in [-0.4, -0.2) is 11.1 Å². The molecule has 0 amide bonds. The van der Waals surface area contributed by atoms with Gasteiger partial charge in [0.05, 0.1) is 0 Å². The van der Waals surface area contributed by atoms with E-state index in [4.69, 9.17) is 5.11 Å². The number of carboxylic acid groups (broad SMARTS) is 1. The van der Waals surface area contributed by atoms with Crippen LogP contribution in [0.5, 0.6) is 0 Å². The largest absolute Gasteiger partial charge is 0.478 e. The van der Waals surface area contributed by atoms with Crippen molar-refractivity contribution in [3.8, 4) is 0 Å². The zero-order chi connectivity index (χ0) is 11.1. The van der Waals surface area contributed by atoms with E-state index >= 15 is 0 Å². The molecule has 0 spiro atoms. The third kappa shape index (κ3) is 6.86. The summed E-state index contributed by atoms with van der Waals surface area (Å²) < 4.78 is 2.21. The zero-order valence-electron chi connectivity index (χ0n) is 7.63. The first-order chi connectivity index (χ1) is 6.43. The summed E-state index contributed by atoms with van der Waals surface area (Å²) >= 11 is 6.66. The van der Waals surface area contributed by atoms with Crippen molar-refractivity contribution in [2.24, 2.45) is 0 Å². The van der Waals surface area contributed by atoms with Gasteiger partial charge < -0.3 is 5.11 Å². The van der Waals surface area contributed by atoms with Crippen LogP contribution in [0.4, 0.5) is 0 Å². The van der Waals surface area contributed by atoms with Crippen molar-refractivity contribution in [1.82, 2.24) is 0 Å². The summed E-state index contributed by atoms with van der Waals surface area (Å²) in [5.41, 5.74) is 0.176. The number of hydrogen-bond donors (Lipinski definition) is 1. The van der Waals surface area contributed by atoms with E-state index < -0.39 is 5.97 Å². The average molecular weight is 322 g/mol. The van der Waals surface area contributed by atoms with Crippen LogP contribution in [0.3, 0.4) is 0 Å². The maximum absolute atomic E-state index is 9.60. The maximum Gasteiger partial charge on any atom is 0.330 e. The normalized spacial score (nSPS) is 8.50. The van der Waals surface area contributed by atoms with Crippen LogP contribution in [0.15, 0.2) is 45.4 Å². The van der Waals surface area contributed by atoms with E-state index in [-0.39, 0.29) is 5.57 Å². The molecule has 0 aromatic heterocycles. The molecule has 1 aromatic rings. The standard InChI is InChI=1S/C6H4Br2.C4H6O2/c7-5-2-1-3-6(8)4-5;1-3(2)4(5)6/h1-4H;1H2,2H3,(H,5,6). The number of carbonyl (C=O) groups is 1. The molecule has 0 saturated carbocycles. The molecule has 0 aliphatic carbocycles. The average Bonchev–Trinajstić information content (AvgIpc) is 2.04. The second-order valence-electron chi connectivity index (χ2n) is 2.53. The molecule has 0 unspecified atom stereocenters. The van der Waals surface area contributed by atoms with E-state index in [1.165, 1.54) is 6.92 Å². The fraction of sp³-hybridized carbons (Fsp3) is 0.100. The summed E-state index contributed by atoms with van der Waals surface area (Å²) in [5.74, 6) is -0.935. The molecular weight excluding hydrogens is 312 g/mol. The van der Waals surface area contributed by atoms with Crippen LogP contribution in [0.1, 0.15) is 6.92 Å². The minimum Gasteiger partial charge on any atom is -0.478 e. The Labute approximate surface area is 99.9 Å². The van der Waals surface area contributed by atoms with Gasteiger partial charge in [-0.3, -0.25) is 0 Å². The Balaban J connectivity index is 0.000000255. The number of benzene rings is 1. The van der Waals surface area contributed by atoms with Crippen LogP contribution < -0.4 is 0 Å². The molecule has 1 rings (SSSR count). The van der Waals surface area contributed by atoms with Crippen LogP contribution in [0.25, 0.3) is 0 Å². The highest BCUT2D eigenvalue weighted by Gasteiger charge is 1.90. The molecule has 1 N–H and O–H groups in total. The smallest absolute Gasteiger partial charge is 0.330 e. The van der Waals surface area contributed by atoms with E-state index in [0.717, 1.165) is 8.95 Å². The van der Waals surface area contributed by atoms with Crippen LogP contribution in [0.2, 0.25) is 0 Å². The fourth-order valence-electron chi connectivity index (χ4n) is 0.460. The van der Waals surface area contributed by atoms with Gasteiger partial charge in [-0.2, -0.15) is 0 Å². The maximum atomic E-state index is 9.60. The molecule has 76 valence electrons. The first-order valence-electron chi connectivity index (χ1n) is 3.73. The van der Waals surface area contributed by atoms with Crippen molar-refractivity contribution in [2.75, 3.05) is 0 Å². The van der Waals surface area contributed by atoms with Gasteiger partial charge in [0.15, 0.2) is 0 Å². The van der Waals surface area contributed by atoms with Gasteiger partial charge in [0, 0.05) is 14.5 Å². The van der Waals surface area contributed by atoms with Gasteiger partial charge in [0.25, 0.3) is 0 Å². The van der Waals surface area contributed by atoms with Crippen LogP contribution >= 0.6 is 31.9 Å². The topological polar surface area (TPSA) is 37.3 Å². The Kier molecular flexibility index (Phi) is 6.49. The predicted octanol–water partition coefficient (Wildman–Crippen LogP) is 3.86. The summed E-state index contributed by atoms with van der Waals surface area (Å²) in [4.78, 5) is 9.60. The highest BCUT2D eigenvalue weighted by molar-refractivity contribution is 9.11. The quantitative estimate of drug-likeness (QED) is 0.797. The minimum atomic E-state index is -0.935. The number of aliphatic carboxylic acids is 1. The molecule has 0 saturated heterocycles. The van der Waals surface area contributed by atoms with Gasteiger partial charge in [0.1, 0.15) is 0 Å². The van der Waals surface area contributed by atoms with Gasteiger partial charge >= 0.3 is 5.97 Å². The Hall–Kier alpha value is -0.610. The third-order valence-electron chi connectivity index (χ3n) is 1.15. The number of carboxylic acids is 1. The third-order valence-corrected chi connectivity index (χ3v) is 2.14. The van der Waals surface area contributed by atoms with E-state index in [1.54, 1.807) is 0 Å². The van der Waals surface area contributed by atoms with Crippen LogP contribution in [-0.2, 0) is 4.79 Å². The molecule has 1 aromatic carbocycles. The Morgan fingerprint density at radius 1 is 1.36 bits per heavy atom. The van der Waals surface area contributed by atoms with E-state index in [9.17, 15) is 4.79 Å². The lowest BCUT2D eigenvalue weighted by atomic mass is 10.4. The predicted molar refractivity (Wildman–Crippen MR) is 64.3 cm³/mol. The van der Waals surface area contributed by atoms with Crippen molar-refractivity contribution in [3.63, 3.8) is 0 Å². The van der Waals surface area contributed by atoms with Gasteiger partial charge in [-0.05, 0) is 25.1 Å². The van der Waals surface area contributed by atoms with Crippen molar-refractivity contribution in [1.29, 1.82) is 0 Å². The number of halogens is 2.